The molecule has 0 aliphatic heterocycles. The van der Waals surface area contributed by atoms with Crippen LogP contribution in [0.2, 0.25) is 25.7 Å². The van der Waals surface area contributed by atoms with Gasteiger partial charge in [-0.1, -0.05) is 19.6 Å². The maximum Gasteiger partial charge on any atom is 0.307 e. The monoisotopic (exact) mass is 455 g/mol. The van der Waals surface area contributed by atoms with E-state index in [0.29, 0.717) is 19.7 Å². The number of ether oxygens (including phenoxy) is 2. The van der Waals surface area contributed by atoms with Crippen molar-refractivity contribution in [2.45, 2.75) is 77.2 Å². The first-order valence-electron chi connectivity index (χ1n) is 11.5. The predicted molar refractivity (Wildman–Crippen MR) is 126 cm³/mol. The molecule has 3 heterocycles. The number of rotatable bonds is 10. The third-order valence-corrected chi connectivity index (χ3v) is 7.54. The molecule has 3 aromatic rings. The summed E-state index contributed by atoms with van der Waals surface area (Å²) in [7, 11) is -1.11. The molecule has 9 heteroatoms. The molecule has 1 fully saturated rings. The first-order valence-corrected chi connectivity index (χ1v) is 15.2. The van der Waals surface area contributed by atoms with Crippen LogP contribution in [0.1, 0.15) is 32.1 Å². The molecule has 1 aliphatic carbocycles. The summed E-state index contributed by atoms with van der Waals surface area (Å²) in [5, 5.41) is 5.37. The molecule has 0 atom stereocenters. The summed E-state index contributed by atoms with van der Waals surface area (Å²) in [4.78, 5) is 21.0. The normalized spacial score (nSPS) is 15.0. The molecular formula is C23H33N5O3Si. The lowest BCUT2D eigenvalue weighted by atomic mass is 10.2. The second-order valence-corrected chi connectivity index (χ2v) is 15.4. The lowest BCUT2D eigenvalue weighted by molar-refractivity contribution is -0.149. The average molecular weight is 456 g/mol. The molecule has 0 N–H and O–H groups in total. The van der Waals surface area contributed by atoms with Gasteiger partial charge in [-0.25, -0.2) is 9.97 Å². The predicted octanol–water partition coefficient (Wildman–Crippen LogP) is 4.48. The number of fused-ring (bicyclic) bond motifs is 1. The molecular weight excluding hydrogens is 422 g/mol. The summed E-state index contributed by atoms with van der Waals surface area (Å²) in [6, 6.07) is 3.16. The minimum Gasteiger partial charge on any atom is -0.462 e. The van der Waals surface area contributed by atoms with Gasteiger partial charge in [0.1, 0.15) is 24.8 Å². The maximum absolute atomic E-state index is 12.1. The zero-order valence-corrected chi connectivity index (χ0v) is 20.3. The van der Waals surface area contributed by atoms with Gasteiger partial charge in [-0.15, -0.1) is 0 Å². The molecule has 1 saturated carbocycles. The molecule has 8 nitrogen and oxygen atoms in total. The highest BCUT2D eigenvalue weighted by molar-refractivity contribution is 6.76. The number of aromatic nitrogens is 5. The van der Waals surface area contributed by atoms with E-state index in [0.717, 1.165) is 60.6 Å². The van der Waals surface area contributed by atoms with Crippen molar-refractivity contribution in [1.82, 2.24) is 24.3 Å². The van der Waals surface area contributed by atoms with Gasteiger partial charge in [0, 0.05) is 38.0 Å². The molecule has 0 radical (unpaired) electrons. The first kappa shape index (κ1) is 22.7. The number of hydrogen-bond acceptors (Lipinski definition) is 6. The summed E-state index contributed by atoms with van der Waals surface area (Å²) in [6.45, 7) is 8.78. The van der Waals surface area contributed by atoms with Gasteiger partial charge >= 0.3 is 5.97 Å². The number of nitrogens with zero attached hydrogens (tertiary/aromatic N) is 5. The molecule has 0 unspecified atom stereocenters. The molecule has 0 aromatic carbocycles. The van der Waals surface area contributed by atoms with Gasteiger partial charge in [-0.05, 0) is 37.8 Å². The van der Waals surface area contributed by atoms with Crippen molar-refractivity contribution in [3.8, 4) is 11.3 Å². The van der Waals surface area contributed by atoms with Crippen molar-refractivity contribution in [3.05, 3.63) is 31.0 Å². The lowest BCUT2D eigenvalue weighted by Crippen LogP contribution is -2.22. The quantitative estimate of drug-likeness (QED) is 0.255. The van der Waals surface area contributed by atoms with Gasteiger partial charge in [0.25, 0.3) is 0 Å². The fourth-order valence-corrected chi connectivity index (χ4v) is 4.70. The lowest BCUT2D eigenvalue weighted by Gasteiger charge is -2.15. The van der Waals surface area contributed by atoms with Crippen molar-refractivity contribution in [2.75, 3.05) is 6.61 Å². The molecule has 3 aromatic heterocycles. The summed E-state index contributed by atoms with van der Waals surface area (Å²) in [6.07, 6.45) is 12.0. The fraction of sp³-hybridized carbons (Fsp3) is 0.565. The third-order valence-electron chi connectivity index (χ3n) is 5.83. The molecule has 32 heavy (non-hydrogen) atoms. The largest absolute Gasteiger partial charge is 0.462 e. The number of carbonyl (C=O) groups is 1. The summed E-state index contributed by atoms with van der Waals surface area (Å²) in [5.41, 5.74) is 2.57. The maximum atomic E-state index is 12.1. The van der Waals surface area contributed by atoms with Crippen LogP contribution in [0.4, 0.5) is 0 Å². The van der Waals surface area contributed by atoms with Crippen LogP contribution in [-0.2, 0) is 27.5 Å². The van der Waals surface area contributed by atoms with Gasteiger partial charge in [0.05, 0.1) is 24.9 Å². The highest BCUT2D eigenvalue weighted by Gasteiger charge is 2.19. The molecule has 4 rings (SSSR count). The number of hydrogen-bond donors (Lipinski definition) is 0. The van der Waals surface area contributed by atoms with Crippen LogP contribution in [0.15, 0.2) is 31.0 Å². The molecule has 0 amide bonds. The van der Waals surface area contributed by atoms with Crippen LogP contribution in [0.3, 0.4) is 0 Å². The van der Waals surface area contributed by atoms with Crippen LogP contribution in [-0.4, -0.2) is 51.1 Å². The van der Waals surface area contributed by atoms with E-state index in [2.05, 4.69) is 34.7 Å². The van der Waals surface area contributed by atoms with Gasteiger partial charge in [-0.3, -0.25) is 9.48 Å². The zero-order valence-electron chi connectivity index (χ0n) is 19.3. The minimum atomic E-state index is -1.11. The Kier molecular flexibility index (Phi) is 7.05. The number of esters is 1. The van der Waals surface area contributed by atoms with E-state index < -0.39 is 8.07 Å². The van der Waals surface area contributed by atoms with E-state index in [1.165, 1.54) is 0 Å². The number of aryl methyl sites for hydroxylation is 1. The molecule has 172 valence electrons. The van der Waals surface area contributed by atoms with Gasteiger partial charge in [0.2, 0.25) is 0 Å². The zero-order chi connectivity index (χ0) is 22.6. The van der Waals surface area contributed by atoms with Gasteiger partial charge in [-0.2, -0.15) is 5.10 Å². The SMILES string of the molecule is C[Si](C)(C)CCOCn1ccc2c(-c3cnn(CCC(=O)OC4CCCC4)c3)ncnc21. The van der Waals surface area contributed by atoms with Crippen molar-refractivity contribution in [1.29, 1.82) is 0 Å². The second kappa shape index (κ2) is 9.95. The van der Waals surface area contributed by atoms with Crippen LogP contribution in [0.5, 0.6) is 0 Å². The topological polar surface area (TPSA) is 84.1 Å². The Bertz CT molecular complexity index is 1050. The van der Waals surface area contributed by atoms with Gasteiger partial charge in [0.15, 0.2) is 0 Å². The van der Waals surface area contributed by atoms with Crippen LogP contribution < -0.4 is 0 Å². The van der Waals surface area contributed by atoms with Crippen LogP contribution >= 0.6 is 0 Å². The van der Waals surface area contributed by atoms with E-state index in [4.69, 9.17) is 9.47 Å². The summed E-state index contributed by atoms with van der Waals surface area (Å²) >= 11 is 0. The Morgan fingerprint density at radius 1 is 1.22 bits per heavy atom. The Morgan fingerprint density at radius 2 is 2.03 bits per heavy atom. The first-order chi connectivity index (χ1) is 15.4. The average Bonchev–Trinajstić information content (AvgIpc) is 3.50. The summed E-state index contributed by atoms with van der Waals surface area (Å²) < 4.78 is 15.2. The third kappa shape index (κ3) is 5.83. The Balaban J connectivity index is 1.38. The molecule has 0 spiro atoms. The highest BCUT2D eigenvalue weighted by atomic mass is 28.3. The van der Waals surface area contributed by atoms with E-state index in [9.17, 15) is 4.79 Å². The van der Waals surface area contributed by atoms with Crippen LogP contribution in [0.25, 0.3) is 22.3 Å². The van der Waals surface area contributed by atoms with Crippen molar-refractivity contribution >= 4 is 25.1 Å². The van der Waals surface area contributed by atoms with E-state index in [-0.39, 0.29) is 12.1 Å². The fourth-order valence-electron chi connectivity index (χ4n) is 3.94. The highest BCUT2D eigenvalue weighted by Crippen LogP contribution is 2.26. The Morgan fingerprint density at radius 3 is 2.81 bits per heavy atom. The number of carbonyl (C=O) groups excluding carboxylic acids is 1. The van der Waals surface area contributed by atoms with E-state index in [1.807, 2.05) is 23.0 Å². The van der Waals surface area contributed by atoms with Crippen LogP contribution in [0, 0.1) is 0 Å². The van der Waals surface area contributed by atoms with Gasteiger partial charge < -0.3 is 14.0 Å². The van der Waals surface area contributed by atoms with Crippen molar-refractivity contribution in [2.24, 2.45) is 0 Å². The standard InChI is InChI=1S/C23H33N5O3Si/c1-32(2,3)13-12-30-17-27-10-8-20-22(24-16-25-23(20)27)18-14-26-28(15-18)11-9-21(29)31-19-6-4-5-7-19/h8,10,14-16,19H,4-7,9,11-13,17H2,1-3H3. The Hall–Kier alpha value is -2.52. The minimum absolute atomic E-state index is 0.105. The molecule has 0 saturated heterocycles. The smallest absolute Gasteiger partial charge is 0.307 e. The van der Waals surface area contributed by atoms with Crippen molar-refractivity contribution in [3.63, 3.8) is 0 Å². The second-order valence-electron chi connectivity index (χ2n) is 9.73. The van der Waals surface area contributed by atoms with E-state index in [1.54, 1.807) is 17.2 Å². The molecule has 1 aliphatic rings. The Labute approximate surface area is 190 Å². The van der Waals surface area contributed by atoms with Crippen molar-refractivity contribution < 1.29 is 14.3 Å². The summed E-state index contributed by atoms with van der Waals surface area (Å²) in [5.74, 6) is -0.149. The van der Waals surface area contributed by atoms with E-state index >= 15 is 0 Å². The molecule has 0 bridgehead atoms.